The van der Waals surface area contributed by atoms with Crippen molar-refractivity contribution in [1.82, 2.24) is 10.2 Å². The molecule has 0 aliphatic carbocycles. The Hall–Kier alpha value is -1.10. The first-order valence-electron chi connectivity index (χ1n) is 7.40. The third-order valence-electron chi connectivity index (χ3n) is 3.40. The van der Waals surface area contributed by atoms with Gasteiger partial charge in [0.2, 0.25) is 11.8 Å². The van der Waals surface area contributed by atoms with Crippen LogP contribution in [0, 0.1) is 5.41 Å². The molecule has 5 heteroatoms. The molecule has 1 heterocycles. The van der Waals surface area contributed by atoms with Crippen LogP contribution in [-0.4, -0.2) is 48.6 Å². The molecule has 1 fully saturated rings. The van der Waals surface area contributed by atoms with E-state index in [1.807, 2.05) is 39.5 Å². The van der Waals surface area contributed by atoms with Gasteiger partial charge < -0.3 is 15.0 Å². The van der Waals surface area contributed by atoms with E-state index in [1.54, 1.807) is 0 Å². The first-order chi connectivity index (χ1) is 9.20. The quantitative estimate of drug-likeness (QED) is 0.852. The van der Waals surface area contributed by atoms with Crippen molar-refractivity contribution in [1.29, 1.82) is 0 Å². The average molecular weight is 284 g/mol. The third-order valence-corrected chi connectivity index (χ3v) is 3.40. The van der Waals surface area contributed by atoms with E-state index in [0.29, 0.717) is 13.1 Å². The Labute approximate surface area is 122 Å². The zero-order chi connectivity index (χ0) is 15.3. The molecule has 0 radical (unpaired) electrons. The molecular formula is C15H28N2O3. The number of ether oxygens (including phenoxy) is 1. The van der Waals surface area contributed by atoms with Crippen molar-refractivity contribution >= 4 is 11.8 Å². The zero-order valence-corrected chi connectivity index (χ0v) is 13.4. The molecule has 1 rings (SSSR count). The fraction of sp³-hybridized carbons (Fsp3) is 0.867. The van der Waals surface area contributed by atoms with Gasteiger partial charge in [-0.05, 0) is 26.7 Å². The van der Waals surface area contributed by atoms with Crippen LogP contribution in [0.4, 0.5) is 0 Å². The lowest BCUT2D eigenvalue weighted by molar-refractivity contribution is -0.138. The van der Waals surface area contributed by atoms with Gasteiger partial charge >= 0.3 is 0 Å². The van der Waals surface area contributed by atoms with Gasteiger partial charge in [-0.25, -0.2) is 0 Å². The lowest BCUT2D eigenvalue weighted by Crippen LogP contribution is -2.49. The number of carbonyl (C=O) groups excluding carboxylic acids is 2. The summed E-state index contributed by atoms with van der Waals surface area (Å²) in [6, 6.07) is 0.178. The maximum atomic E-state index is 11.9. The first-order valence-corrected chi connectivity index (χ1v) is 7.40. The molecule has 5 nitrogen and oxygen atoms in total. The van der Waals surface area contributed by atoms with Crippen LogP contribution in [-0.2, 0) is 14.3 Å². The van der Waals surface area contributed by atoms with Gasteiger partial charge in [0.05, 0.1) is 6.10 Å². The van der Waals surface area contributed by atoms with Crippen molar-refractivity contribution in [3.8, 4) is 0 Å². The van der Waals surface area contributed by atoms with E-state index < -0.39 is 0 Å². The van der Waals surface area contributed by atoms with Gasteiger partial charge in [-0.2, -0.15) is 0 Å². The van der Waals surface area contributed by atoms with Crippen molar-refractivity contribution in [3.05, 3.63) is 0 Å². The summed E-state index contributed by atoms with van der Waals surface area (Å²) in [6.45, 7) is 11.1. The van der Waals surface area contributed by atoms with Crippen LogP contribution < -0.4 is 5.32 Å². The smallest absolute Gasteiger partial charge is 0.248 e. The van der Waals surface area contributed by atoms with Gasteiger partial charge in [0.1, 0.15) is 6.61 Å². The Morgan fingerprint density at radius 3 is 2.25 bits per heavy atom. The Balaban J connectivity index is 2.33. The number of amides is 2. The van der Waals surface area contributed by atoms with Crippen molar-refractivity contribution in [2.45, 2.75) is 59.6 Å². The van der Waals surface area contributed by atoms with Crippen molar-refractivity contribution in [3.63, 3.8) is 0 Å². The summed E-state index contributed by atoms with van der Waals surface area (Å²) in [5, 5.41) is 3.06. The van der Waals surface area contributed by atoms with E-state index in [4.69, 9.17) is 4.74 Å². The highest BCUT2D eigenvalue weighted by atomic mass is 16.5. The summed E-state index contributed by atoms with van der Waals surface area (Å²) in [5.41, 5.74) is -0.363. The van der Waals surface area contributed by atoms with E-state index in [9.17, 15) is 9.59 Å². The van der Waals surface area contributed by atoms with Gasteiger partial charge in [-0.3, -0.25) is 9.59 Å². The van der Waals surface area contributed by atoms with Crippen LogP contribution in [0.1, 0.15) is 47.5 Å². The fourth-order valence-electron chi connectivity index (χ4n) is 2.00. The van der Waals surface area contributed by atoms with Crippen LogP contribution in [0.15, 0.2) is 0 Å². The molecule has 0 atom stereocenters. The van der Waals surface area contributed by atoms with E-state index >= 15 is 0 Å². The number of carbonyl (C=O) groups is 2. The molecule has 1 N–H and O–H groups in total. The van der Waals surface area contributed by atoms with Gasteiger partial charge in [-0.1, -0.05) is 20.8 Å². The number of nitrogens with zero attached hydrogens (tertiary/aromatic N) is 1. The molecule has 1 aliphatic heterocycles. The highest BCUT2D eigenvalue weighted by Crippen LogP contribution is 2.16. The first kappa shape index (κ1) is 17.0. The Bertz CT molecular complexity index is 340. The normalized spacial score (nSPS) is 17.4. The number of nitrogens with one attached hydrogen (secondary N) is 1. The molecule has 116 valence electrons. The molecule has 1 aliphatic rings. The van der Waals surface area contributed by atoms with Gasteiger partial charge in [0, 0.05) is 24.5 Å². The van der Waals surface area contributed by atoms with E-state index in [0.717, 1.165) is 12.8 Å². The average Bonchev–Trinajstić information content (AvgIpc) is 2.35. The highest BCUT2D eigenvalue weighted by Gasteiger charge is 2.27. The molecule has 0 aromatic rings. The minimum Gasteiger partial charge on any atom is -0.369 e. The summed E-state index contributed by atoms with van der Waals surface area (Å²) in [4.78, 5) is 25.6. The van der Waals surface area contributed by atoms with Crippen LogP contribution in [0.25, 0.3) is 0 Å². The van der Waals surface area contributed by atoms with Crippen LogP contribution in [0.2, 0.25) is 0 Å². The lowest BCUT2D eigenvalue weighted by atomic mass is 9.94. The number of likely N-dealkylation sites (tertiary alicyclic amines) is 1. The van der Waals surface area contributed by atoms with Gasteiger partial charge in [0.25, 0.3) is 0 Å². The second-order valence-corrected chi connectivity index (χ2v) is 6.74. The van der Waals surface area contributed by atoms with Crippen LogP contribution in [0.5, 0.6) is 0 Å². The second kappa shape index (κ2) is 7.07. The maximum absolute atomic E-state index is 11.9. The molecular weight excluding hydrogens is 256 g/mol. The largest absolute Gasteiger partial charge is 0.369 e. The number of rotatable bonds is 4. The Kier molecular flexibility index (Phi) is 5.99. The summed E-state index contributed by atoms with van der Waals surface area (Å²) in [6.07, 6.45) is 1.70. The summed E-state index contributed by atoms with van der Waals surface area (Å²) in [7, 11) is 0. The summed E-state index contributed by atoms with van der Waals surface area (Å²) >= 11 is 0. The van der Waals surface area contributed by atoms with Crippen molar-refractivity contribution in [2.24, 2.45) is 5.41 Å². The predicted molar refractivity (Wildman–Crippen MR) is 78.3 cm³/mol. The fourth-order valence-corrected chi connectivity index (χ4v) is 2.00. The summed E-state index contributed by atoms with van der Waals surface area (Å²) < 4.78 is 5.33. The number of piperidine rings is 1. The monoisotopic (exact) mass is 284 g/mol. The molecule has 0 saturated carbocycles. The SMILES string of the molecule is CC(C)OCC(=O)N1CCC(NC(=O)C(C)(C)C)CC1. The van der Waals surface area contributed by atoms with E-state index in [2.05, 4.69) is 5.32 Å². The number of hydrogen-bond donors (Lipinski definition) is 1. The molecule has 2 amide bonds. The molecule has 0 unspecified atom stereocenters. The molecule has 0 aromatic heterocycles. The third kappa shape index (κ3) is 5.49. The molecule has 0 aromatic carbocycles. The van der Waals surface area contributed by atoms with Crippen molar-refractivity contribution in [2.75, 3.05) is 19.7 Å². The predicted octanol–water partition coefficient (Wildman–Crippen LogP) is 1.56. The molecule has 0 spiro atoms. The Morgan fingerprint density at radius 1 is 1.25 bits per heavy atom. The molecule has 0 bridgehead atoms. The van der Waals surface area contributed by atoms with Gasteiger partial charge in [-0.15, -0.1) is 0 Å². The lowest BCUT2D eigenvalue weighted by Gasteiger charge is -2.33. The van der Waals surface area contributed by atoms with Crippen molar-refractivity contribution < 1.29 is 14.3 Å². The minimum absolute atomic E-state index is 0.0410. The molecule has 1 saturated heterocycles. The summed E-state index contributed by atoms with van der Waals surface area (Å²) in [5.74, 6) is 0.115. The van der Waals surface area contributed by atoms with E-state index in [1.165, 1.54) is 0 Å². The van der Waals surface area contributed by atoms with Gasteiger partial charge in [0.15, 0.2) is 0 Å². The highest BCUT2D eigenvalue weighted by molar-refractivity contribution is 5.81. The maximum Gasteiger partial charge on any atom is 0.248 e. The second-order valence-electron chi connectivity index (χ2n) is 6.74. The minimum atomic E-state index is -0.363. The zero-order valence-electron chi connectivity index (χ0n) is 13.4. The van der Waals surface area contributed by atoms with E-state index in [-0.39, 0.29) is 36.0 Å². The standard InChI is InChI=1S/C15H28N2O3/c1-11(2)20-10-13(18)17-8-6-12(7-9-17)16-14(19)15(3,4)5/h11-12H,6-10H2,1-5H3,(H,16,19). The molecule has 20 heavy (non-hydrogen) atoms. The van der Waals surface area contributed by atoms with Crippen LogP contribution >= 0.6 is 0 Å². The Morgan fingerprint density at radius 2 is 1.80 bits per heavy atom. The van der Waals surface area contributed by atoms with Crippen LogP contribution in [0.3, 0.4) is 0 Å². The number of hydrogen-bond acceptors (Lipinski definition) is 3. The topological polar surface area (TPSA) is 58.6 Å².